The normalized spacial score (nSPS) is 9.15. The van der Waals surface area contributed by atoms with E-state index in [4.69, 9.17) is 0 Å². The van der Waals surface area contributed by atoms with Gasteiger partial charge in [-0.1, -0.05) is 20.8 Å². The molecule has 0 fully saturated rings. The third-order valence-corrected chi connectivity index (χ3v) is 1.61. The van der Waals surface area contributed by atoms with E-state index in [0.717, 1.165) is 13.1 Å². The molecule has 0 bridgehead atoms. The molecule has 0 saturated heterocycles. The molecule has 0 spiro atoms. The molecule has 0 heterocycles. The molecule has 80 valence electrons. The lowest BCUT2D eigenvalue weighted by molar-refractivity contribution is -0.129. The van der Waals surface area contributed by atoms with Crippen molar-refractivity contribution in [3.63, 3.8) is 0 Å². The van der Waals surface area contributed by atoms with Gasteiger partial charge in [-0.05, 0) is 14.1 Å². The van der Waals surface area contributed by atoms with Crippen molar-refractivity contribution in [2.45, 2.75) is 27.2 Å². The fourth-order valence-corrected chi connectivity index (χ4v) is 0.745. The van der Waals surface area contributed by atoms with Crippen molar-refractivity contribution in [1.82, 2.24) is 9.80 Å². The summed E-state index contributed by atoms with van der Waals surface area (Å²) < 4.78 is 0. The number of carbonyl (C=O) groups excluding carboxylic acids is 1. The molecule has 0 N–H and O–H groups in total. The molecule has 13 heavy (non-hydrogen) atoms. The molecule has 0 radical (unpaired) electrons. The molecule has 0 aromatic heterocycles. The van der Waals surface area contributed by atoms with Crippen molar-refractivity contribution < 1.29 is 4.79 Å². The van der Waals surface area contributed by atoms with Gasteiger partial charge in [0.05, 0.1) is 0 Å². The maximum Gasteiger partial charge on any atom is 0.222 e. The number of hydrogen-bond acceptors (Lipinski definition) is 2. The predicted octanol–water partition coefficient (Wildman–Crippen LogP) is 1.44. The van der Waals surface area contributed by atoms with Crippen LogP contribution >= 0.6 is 0 Å². The summed E-state index contributed by atoms with van der Waals surface area (Å²) >= 11 is 0. The van der Waals surface area contributed by atoms with E-state index >= 15 is 0 Å². The summed E-state index contributed by atoms with van der Waals surface area (Å²) in [7, 11) is 5.85. The maximum atomic E-state index is 11.0. The molecule has 0 saturated carbocycles. The second-order valence-corrected chi connectivity index (χ2v) is 2.97. The molecule has 0 aliphatic carbocycles. The molecule has 0 aliphatic rings. The maximum absolute atomic E-state index is 11.0. The van der Waals surface area contributed by atoms with E-state index in [-0.39, 0.29) is 5.91 Å². The summed E-state index contributed by atoms with van der Waals surface area (Å²) in [4.78, 5) is 14.9. The van der Waals surface area contributed by atoms with E-state index < -0.39 is 0 Å². The van der Waals surface area contributed by atoms with Crippen molar-refractivity contribution >= 4 is 5.91 Å². The highest BCUT2D eigenvalue weighted by atomic mass is 16.2. The average Bonchev–Trinajstić information content (AvgIpc) is 2.16. The monoisotopic (exact) mass is 188 g/mol. The molecule has 0 atom stereocenters. The van der Waals surface area contributed by atoms with Crippen LogP contribution in [0.1, 0.15) is 27.2 Å². The van der Waals surface area contributed by atoms with Gasteiger partial charge >= 0.3 is 0 Å². The highest BCUT2D eigenvalue weighted by molar-refractivity contribution is 5.75. The summed E-state index contributed by atoms with van der Waals surface area (Å²) in [6, 6.07) is 0. The molecule has 3 heteroatoms. The number of amides is 1. The second-order valence-electron chi connectivity index (χ2n) is 2.97. The third-order valence-electron chi connectivity index (χ3n) is 1.61. The Balaban J connectivity index is 0. The molecule has 0 aromatic carbocycles. The van der Waals surface area contributed by atoms with Crippen LogP contribution in [0.4, 0.5) is 0 Å². The summed E-state index contributed by atoms with van der Waals surface area (Å²) in [5.41, 5.74) is 0. The Bertz CT molecular complexity index is 124. The van der Waals surface area contributed by atoms with Gasteiger partial charge in [0.15, 0.2) is 0 Å². The van der Waals surface area contributed by atoms with Crippen molar-refractivity contribution in [3.05, 3.63) is 0 Å². The van der Waals surface area contributed by atoms with Crippen LogP contribution in [0.3, 0.4) is 0 Å². The average molecular weight is 188 g/mol. The number of carbonyl (C=O) groups is 1. The lowest BCUT2D eigenvalue weighted by Crippen LogP contribution is -2.32. The molecule has 0 aromatic rings. The van der Waals surface area contributed by atoms with Gasteiger partial charge in [0, 0.05) is 26.6 Å². The van der Waals surface area contributed by atoms with Gasteiger partial charge in [-0.15, -0.1) is 0 Å². The second kappa shape index (κ2) is 9.52. The molecule has 0 rings (SSSR count). The van der Waals surface area contributed by atoms with Crippen LogP contribution in [0, 0.1) is 0 Å². The zero-order valence-electron chi connectivity index (χ0n) is 9.92. The Morgan fingerprint density at radius 2 is 1.54 bits per heavy atom. The van der Waals surface area contributed by atoms with Gasteiger partial charge in [0.2, 0.25) is 5.91 Å². The van der Waals surface area contributed by atoms with Crippen LogP contribution in [0.25, 0.3) is 0 Å². The summed E-state index contributed by atoms with van der Waals surface area (Å²) in [5.74, 6) is 0.215. The number of hydrogen-bond donors (Lipinski definition) is 0. The SMILES string of the molecule is CC.CCC(=O)N(C)CCN(C)C. The molecule has 0 aliphatic heterocycles. The fourth-order valence-electron chi connectivity index (χ4n) is 0.745. The Morgan fingerprint density at radius 1 is 1.08 bits per heavy atom. The summed E-state index contributed by atoms with van der Waals surface area (Å²) in [6.45, 7) is 7.64. The highest BCUT2D eigenvalue weighted by Gasteiger charge is 2.04. The first kappa shape index (κ1) is 14.9. The fraction of sp³-hybridized carbons (Fsp3) is 0.900. The van der Waals surface area contributed by atoms with Crippen LogP contribution in [-0.2, 0) is 4.79 Å². The van der Waals surface area contributed by atoms with Crippen molar-refractivity contribution in [3.8, 4) is 0 Å². The largest absolute Gasteiger partial charge is 0.344 e. The van der Waals surface area contributed by atoms with Crippen LogP contribution in [0.2, 0.25) is 0 Å². The number of nitrogens with zero attached hydrogens (tertiary/aromatic N) is 2. The van der Waals surface area contributed by atoms with E-state index in [1.54, 1.807) is 4.90 Å². The lowest BCUT2D eigenvalue weighted by atomic mass is 10.4. The standard InChI is InChI=1S/C8H18N2O.C2H6/c1-5-8(11)10(4)7-6-9(2)3;1-2/h5-7H2,1-4H3;1-2H3. The van der Waals surface area contributed by atoms with Crippen LogP contribution in [0.5, 0.6) is 0 Å². The molecule has 0 unspecified atom stereocenters. The summed E-state index contributed by atoms with van der Waals surface area (Å²) in [5, 5.41) is 0. The van der Waals surface area contributed by atoms with E-state index in [1.807, 2.05) is 41.9 Å². The zero-order valence-corrected chi connectivity index (χ0v) is 9.92. The minimum atomic E-state index is 0.215. The minimum Gasteiger partial charge on any atom is -0.344 e. The highest BCUT2D eigenvalue weighted by Crippen LogP contribution is 1.89. The van der Waals surface area contributed by atoms with Gasteiger partial charge in [0.1, 0.15) is 0 Å². The van der Waals surface area contributed by atoms with E-state index in [9.17, 15) is 4.79 Å². The minimum absolute atomic E-state index is 0.215. The van der Waals surface area contributed by atoms with Crippen molar-refractivity contribution in [1.29, 1.82) is 0 Å². The number of rotatable bonds is 4. The van der Waals surface area contributed by atoms with Crippen LogP contribution in [-0.4, -0.2) is 49.9 Å². The Kier molecular flexibility index (Phi) is 10.9. The molecule has 1 amide bonds. The Labute approximate surface area is 82.7 Å². The molecule has 3 nitrogen and oxygen atoms in total. The predicted molar refractivity (Wildman–Crippen MR) is 57.8 cm³/mol. The van der Waals surface area contributed by atoms with Gasteiger partial charge < -0.3 is 9.80 Å². The summed E-state index contributed by atoms with van der Waals surface area (Å²) in [6.07, 6.45) is 0.601. The van der Waals surface area contributed by atoms with Gasteiger partial charge in [-0.3, -0.25) is 4.79 Å². The van der Waals surface area contributed by atoms with Gasteiger partial charge in [0.25, 0.3) is 0 Å². The topological polar surface area (TPSA) is 23.6 Å². The first-order chi connectivity index (χ1) is 6.07. The molecular formula is C10H24N2O. The van der Waals surface area contributed by atoms with Crippen molar-refractivity contribution in [2.75, 3.05) is 34.2 Å². The quantitative estimate of drug-likeness (QED) is 0.666. The lowest BCUT2D eigenvalue weighted by Gasteiger charge is -2.18. The van der Waals surface area contributed by atoms with E-state index in [2.05, 4.69) is 4.90 Å². The third kappa shape index (κ3) is 9.34. The number of likely N-dealkylation sites (N-methyl/N-ethyl adjacent to an activating group) is 2. The Morgan fingerprint density at radius 3 is 1.85 bits per heavy atom. The first-order valence-corrected chi connectivity index (χ1v) is 4.96. The van der Waals surface area contributed by atoms with Gasteiger partial charge in [-0.2, -0.15) is 0 Å². The van der Waals surface area contributed by atoms with E-state index in [1.165, 1.54) is 0 Å². The van der Waals surface area contributed by atoms with Gasteiger partial charge in [-0.25, -0.2) is 0 Å². The van der Waals surface area contributed by atoms with Crippen LogP contribution in [0.15, 0.2) is 0 Å². The van der Waals surface area contributed by atoms with Crippen LogP contribution < -0.4 is 0 Å². The zero-order chi connectivity index (χ0) is 10.9. The Hall–Kier alpha value is -0.570. The molecular weight excluding hydrogens is 164 g/mol. The first-order valence-electron chi connectivity index (χ1n) is 4.96. The van der Waals surface area contributed by atoms with E-state index in [0.29, 0.717) is 6.42 Å². The smallest absolute Gasteiger partial charge is 0.222 e. The van der Waals surface area contributed by atoms with Crippen molar-refractivity contribution in [2.24, 2.45) is 0 Å².